The molecule has 6 heteroatoms. The first-order chi connectivity index (χ1) is 12.0. The maximum atomic E-state index is 13.2. The Hall–Kier alpha value is -2.08. The highest BCUT2D eigenvalue weighted by atomic mass is 32.2. The first-order valence-corrected chi connectivity index (χ1v) is 8.88. The molecule has 0 spiro atoms. The maximum absolute atomic E-state index is 13.2. The quantitative estimate of drug-likeness (QED) is 0.698. The van der Waals surface area contributed by atoms with Crippen molar-refractivity contribution in [3.63, 3.8) is 0 Å². The summed E-state index contributed by atoms with van der Waals surface area (Å²) in [5.74, 6) is -1.02. The minimum absolute atomic E-state index is 0.0522. The molecule has 0 heterocycles. The molecule has 0 saturated heterocycles. The van der Waals surface area contributed by atoms with E-state index >= 15 is 0 Å². The van der Waals surface area contributed by atoms with Crippen LogP contribution in [0.3, 0.4) is 0 Å². The van der Waals surface area contributed by atoms with Gasteiger partial charge in [-0.25, -0.2) is 8.78 Å². The number of benzene rings is 2. The number of para-hydroxylation sites is 1. The van der Waals surface area contributed by atoms with Crippen molar-refractivity contribution in [2.24, 2.45) is 0 Å². The summed E-state index contributed by atoms with van der Waals surface area (Å²) in [5.41, 5.74) is 0.919. The summed E-state index contributed by atoms with van der Waals surface area (Å²) in [6, 6.07) is 11.4. The molecule has 0 bridgehead atoms. The number of carbonyl (C=O) groups is 1. The van der Waals surface area contributed by atoms with E-state index < -0.39 is 11.6 Å². The minimum atomic E-state index is -0.855. The first-order valence-electron chi connectivity index (χ1n) is 8.00. The van der Waals surface area contributed by atoms with Crippen LogP contribution in [0.2, 0.25) is 0 Å². The highest BCUT2D eigenvalue weighted by Gasteiger charge is 2.11. The SMILES string of the molecule is COc1ccccc1CNC(=O)CCC(C)Sc1ccc(F)c(F)c1. The molecule has 0 aromatic heterocycles. The fraction of sp³-hybridized carbons (Fsp3) is 0.316. The second-order valence-corrected chi connectivity index (χ2v) is 7.14. The van der Waals surface area contributed by atoms with Crippen molar-refractivity contribution < 1.29 is 18.3 Å². The van der Waals surface area contributed by atoms with Gasteiger partial charge in [-0.15, -0.1) is 11.8 Å². The topological polar surface area (TPSA) is 38.3 Å². The normalized spacial score (nSPS) is 11.8. The van der Waals surface area contributed by atoms with E-state index in [2.05, 4.69) is 5.32 Å². The fourth-order valence-corrected chi connectivity index (χ4v) is 3.33. The zero-order valence-corrected chi connectivity index (χ0v) is 15.0. The molecule has 0 saturated carbocycles. The van der Waals surface area contributed by atoms with Crippen LogP contribution in [0.5, 0.6) is 5.75 Å². The minimum Gasteiger partial charge on any atom is -0.496 e. The van der Waals surface area contributed by atoms with E-state index in [0.29, 0.717) is 24.3 Å². The monoisotopic (exact) mass is 365 g/mol. The molecule has 1 atom stereocenters. The lowest BCUT2D eigenvalue weighted by Gasteiger charge is -2.12. The van der Waals surface area contributed by atoms with Crippen LogP contribution in [-0.4, -0.2) is 18.3 Å². The van der Waals surface area contributed by atoms with Gasteiger partial charge in [0, 0.05) is 28.7 Å². The van der Waals surface area contributed by atoms with Gasteiger partial charge >= 0.3 is 0 Å². The third-order valence-corrected chi connectivity index (χ3v) is 4.84. The van der Waals surface area contributed by atoms with Gasteiger partial charge in [0.25, 0.3) is 0 Å². The summed E-state index contributed by atoms with van der Waals surface area (Å²) in [6.07, 6.45) is 1.01. The maximum Gasteiger partial charge on any atom is 0.220 e. The summed E-state index contributed by atoms with van der Waals surface area (Å²) in [4.78, 5) is 12.7. The highest BCUT2D eigenvalue weighted by molar-refractivity contribution is 7.99. The van der Waals surface area contributed by atoms with Crippen LogP contribution in [0.15, 0.2) is 47.4 Å². The van der Waals surface area contributed by atoms with E-state index in [0.717, 1.165) is 17.4 Å². The van der Waals surface area contributed by atoms with Gasteiger partial charge in [-0.2, -0.15) is 0 Å². The van der Waals surface area contributed by atoms with Crippen molar-refractivity contribution in [2.45, 2.75) is 36.5 Å². The molecular weight excluding hydrogens is 344 g/mol. The van der Waals surface area contributed by atoms with E-state index in [-0.39, 0.29) is 11.2 Å². The summed E-state index contributed by atoms with van der Waals surface area (Å²) >= 11 is 1.42. The van der Waals surface area contributed by atoms with Crippen LogP contribution in [-0.2, 0) is 11.3 Å². The van der Waals surface area contributed by atoms with E-state index in [1.807, 2.05) is 31.2 Å². The Labute approximate surface area is 150 Å². The number of thioether (sulfide) groups is 1. The summed E-state index contributed by atoms with van der Waals surface area (Å²) in [5, 5.41) is 2.98. The van der Waals surface area contributed by atoms with Gasteiger partial charge in [0.1, 0.15) is 5.75 Å². The molecule has 0 radical (unpaired) electrons. The van der Waals surface area contributed by atoms with Gasteiger partial charge in [0.15, 0.2) is 11.6 Å². The number of hydrogen-bond acceptors (Lipinski definition) is 3. The Morgan fingerprint density at radius 3 is 2.68 bits per heavy atom. The van der Waals surface area contributed by atoms with E-state index in [1.165, 1.54) is 17.8 Å². The standard InChI is InChI=1S/C19H21F2NO2S/c1-13(25-15-8-9-16(20)17(21)11-15)7-10-19(23)22-12-14-5-3-4-6-18(14)24-2/h3-6,8-9,11,13H,7,10,12H2,1-2H3,(H,22,23). The van der Waals surface area contributed by atoms with Crippen molar-refractivity contribution in [3.05, 3.63) is 59.7 Å². The first kappa shape index (κ1) is 19.2. The predicted octanol–water partition coefficient (Wildman–Crippen LogP) is 4.55. The number of carbonyl (C=O) groups excluding carboxylic acids is 1. The molecule has 2 rings (SSSR count). The van der Waals surface area contributed by atoms with Crippen molar-refractivity contribution in [1.82, 2.24) is 5.32 Å². The smallest absolute Gasteiger partial charge is 0.220 e. The lowest BCUT2D eigenvalue weighted by molar-refractivity contribution is -0.121. The molecule has 134 valence electrons. The van der Waals surface area contributed by atoms with Gasteiger partial charge in [0.2, 0.25) is 5.91 Å². The van der Waals surface area contributed by atoms with Crippen LogP contribution in [0.1, 0.15) is 25.3 Å². The molecule has 2 aromatic carbocycles. The van der Waals surface area contributed by atoms with Crippen molar-refractivity contribution >= 4 is 17.7 Å². The molecule has 0 aliphatic rings. The van der Waals surface area contributed by atoms with Gasteiger partial charge in [-0.05, 0) is 30.7 Å². The fourth-order valence-electron chi connectivity index (χ4n) is 2.31. The van der Waals surface area contributed by atoms with Crippen LogP contribution in [0.25, 0.3) is 0 Å². The Kier molecular flexibility index (Phi) is 7.25. The van der Waals surface area contributed by atoms with Crippen LogP contribution in [0.4, 0.5) is 8.78 Å². The van der Waals surface area contributed by atoms with Gasteiger partial charge in [0.05, 0.1) is 7.11 Å². The van der Waals surface area contributed by atoms with Crippen molar-refractivity contribution in [1.29, 1.82) is 0 Å². The highest BCUT2D eigenvalue weighted by Crippen LogP contribution is 2.27. The number of methoxy groups -OCH3 is 1. The van der Waals surface area contributed by atoms with Crippen molar-refractivity contribution in [2.75, 3.05) is 7.11 Å². The number of nitrogens with one attached hydrogen (secondary N) is 1. The Morgan fingerprint density at radius 2 is 1.96 bits per heavy atom. The zero-order valence-electron chi connectivity index (χ0n) is 14.2. The average Bonchev–Trinajstić information content (AvgIpc) is 2.61. The average molecular weight is 365 g/mol. The molecule has 1 N–H and O–H groups in total. The molecule has 25 heavy (non-hydrogen) atoms. The summed E-state index contributed by atoms with van der Waals surface area (Å²) in [7, 11) is 1.60. The lowest BCUT2D eigenvalue weighted by atomic mass is 10.2. The second kappa shape index (κ2) is 9.42. The van der Waals surface area contributed by atoms with E-state index in [4.69, 9.17) is 4.74 Å². The molecule has 0 aliphatic carbocycles. The zero-order chi connectivity index (χ0) is 18.2. The second-order valence-electron chi connectivity index (χ2n) is 5.63. The predicted molar refractivity (Wildman–Crippen MR) is 95.8 cm³/mol. The molecule has 2 aromatic rings. The molecular formula is C19H21F2NO2S. The van der Waals surface area contributed by atoms with Gasteiger partial charge < -0.3 is 10.1 Å². The molecule has 1 unspecified atom stereocenters. The molecule has 1 amide bonds. The number of ether oxygens (including phenoxy) is 1. The Bertz CT molecular complexity index is 724. The number of halogens is 2. The Morgan fingerprint density at radius 1 is 1.20 bits per heavy atom. The molecule has 0 fully saturated rings. The third-order valence-electron chi connectivity index (χ3n) is 3.67. The lowest BCUT2D eigenvalue weighted by Crippen LogP contribution is -2.23. The number of amides is 1. The van der Waals surface area contributed by atoms with E-state index in [9.17, 15) is 13.6 Å². The van der Waals surface area contributed by atoms with Crippen molar-refractivity contribution in [3.8, 4) is 5.75 Å². The molecule has 3 nitrogen and oxygen atoms in total. The summed E-state index contributed by atoms with van der Waals surface area (Å²) in [6.45, 7) is 2.37. The van der Waals surface area contributed by atoms with Gasteiger partial charge in [-0.3, -0.25) is 4.79 Å². The number of hydrogen-bond donors (Lipinski definition) is 1. The number of rotatable bonds is 8. The molecule has 0 aliphatic heterocycles. The van der Waals surface area contributed by atoms with Crippen LogP contribution >= 0.6 is 11.8 Å². The van der Waals surface area contributed by atoms with Gasteiger partial charge in [-0.1, -0.05) is 25.1 Å². The van der Waals surface area contributed by atoms with Crippen LogP contribution in [0, 0.1) is 11.6 Å². The largest absolute Gasteiger partial charge is 0.496 e. The summed E-state index contributed by atoms with van der Waals surface area (Å²) < 4.78 is 31.4. The third kappa shape index (κ3) is 6.05. The Balaban J connectivity index is 1.76. The van der Waals surface area contributed by atoms with Crippen LogP contribution < -0.4 is 10.1 Å². The van der Waals surface area contributed by atoms with E-state index in [1.54, 1.807) is 13.2 Å².